The molecule has 1 N–H and O–H groups in total. The fraction of sp³-hybridized carbons (Fsp3) is 0.367. The van der Waals surface area contributed by atoms with Gasteiger partial charge in [0, 0.05) is 27.9 Å². The molecule has 5 rings (SSSR count). The molecule has 39 heavy (non-hydrogen) atoms. The number of hydrogen-bond acceptors (Lipinski definition) is 8. The standard InChI is InChI=1S/C30H33N3O4S2/c1-5-6-15-36-22-11-7-19(8-12-22)27-32-28(38-18-25(34)31-20-9-13-21(35-4)14-10-20)26-23-16-30(2,3)37-17-24(23)39-29(26)33-27/h7-14H,5-6,15-18H2,1-4H3,(H,31,34). The van der Waals surface area contributed by atoms with Gasteiger partial charge in [0.1, 0.15) is 21.4 Å². The minimum atomic E-state index is -0.263. The van der Waals surface area contributed by atoms with Crippen LogP contribution in [0.3, 0.4) is 0 Å². The lowest BCUT2D eigenvalue weighted by Crippen LogP contribution is -2.31. The molecule has 1 amide bonds. The Kier molecular flexibility index (Phi) is 8.40. The summed E-state index contributed by atoms with van der Waals surface area (Å²) in [6.07, 6.45) is 2.90. The Morgan fingerprint density at radius 2 is 1.85 bits per heavy atom. The first-order chi connectivity index (χ1) is 18.8. The number of carbonyl (C=O) groups excluding carboxylic acids is 1. The highest BCUT2D eigenvalue weighted by atomic mass is 32.2. The predicted octanol–water partition coefficient (Wildman–Crippen LogP) is 7.13. The molecule has 3 heterocycles. The van der Waals surface area contributed by atoms with Crippen LogP contribution in [-0.2, 0) is 22.6 Å². The van der Waals surface area contributed by atoms with Gasteiger partial charge in [-0.15, -0.1) is 11.3 Å². The monoisotopic (exact) mass is 563 g/mol. The number of rotatable bonds is 10. The summed E-state index contributed by atoms with van der Waals surface area (Å²) in [6.45, 7) is 7.62. The lowest BCUT2D eigenvalue weighted by atomic mass is 9.94. The lowest BCUT2D eigenvalue weighted by Gasteiger charge is -2.30. The van der Waals surface area contributed by atoms with E-state index >= 15 is 0 Å². The highest BCUT2D eigenvalue weighted by Gasteiger charge is 2.31. The molecule has 2 aromatic heterocycles. The maximum Gasteiger partial charge on any atom is 0.234 e. The third kappa shape index (κ3) is 6.54. The SMILES string of the molecule is CCCCOc1ccc(-c2nc(SCC(=O)Nc3ccc(OC)cc3)c3c4c(sc3n2)COC(C)(C)C4)cc1. The van der Waals surface area contributed by atoms with E-state index in [0.717, 1.165) is 57.3 Å². The van der Waals surface area contributed by atoms with Crippen LogP contribution < -0.4 is 14.8 Å². The number of nitrogens with one attached hydrogen (secondary N) is 1. The number of aromatic nitrogens is 2. The van der Waals surface area contributed by atoms with Crippen molar-refractivity contribution >= 4 is 44.9 Å². The highest BCUT2D eigenvalue weighted by molar-refractivity contribution is 8.00. The van der Waals surface area contributed by atoms with E-state index in [1.807, 2.05) is 48.5 Å². The normalized spacial score (nSPS) is 14.2. The van der Waals surface area contributed by atoms with Gasteiger partial charge in [-0.1, -0.05) is 25.1 Å². The molecule has 0 fully saturated rings. The first-order valence-electron chi connectivity index (χ1n) is 13.1. The zero-order valence-corrected chi connectivity index (χ0v) is 24.3. The highest BCUT2D eigenvalue weighted by Crippen LogP contribution is 2.42. The van der Waals surface area contributed by atoms with E-state index in [2.05, 4.69) is 26.1 Å². The molecule has 0 atom stereocenters. The summed E-state index contributed by atoms with van der Waals surface area (Å²) in [6, 6.07) is 15.2. The Morgan fingerprint density at radius 3 is 2.56 bits per heavy atom. The molecular weight excluding hydrogens is 530 g/mol. The molecule has 4 aromatic rings. The van der Waals surface area contributed by atoms with Gasteiger partial charge in [0.05, 0.1) is 31.7 Å². The van der Waals surface area contributed by atoms with E-state index in [-0.39, 0.29) is 17.3 Å². The first-order valence-corrected chi connectivity index (χ1v) is 14.9. The summed E-state index contributed by atoms with van der Waals surface area (Å²) in [7, 11) is 1.62. The molecule has 0 saturated carbocycles. The third-order valence-electron chi connectivity index (χ3n) is 6.49. The minimum absolute atomic E-state index is 0.0974. The van der Waals surface area contributed by atoms with Crippen LogP contribution in [0.25, 0.3) is 21.6 Å². The van der Waals surface area contributed by atoms with Crippen LogP contribution in [0, 0.1) is 0 Å². The van der Waals surface area contributed by atoms with Crippen LogP contribution in [0.4, 0.5) is 5.69 Å². The molecule has 2 aromatic carbocycles. The van der Waals surface area contributed by atoms with E-state index in [1.54, 1.807) is 18.4 Å². The number of thioether (sulfide) groups is 1. The van der Waals surface area contributed by atoms with E-state index in [0.29, 0.717) is 19.0 Å². The summed E-state index contributed by atoms with van der Waals surface area (Å²) in [5.74, 6) is 2.35. The molecule has 0 unspecified atom stereocenters. The van der Waals surface area contributed by atoms with Crippen LogP contribution in [-0.4, -0.2) is 40.9 Å². The number of anilines is 1. The summed E-state index contributed by atoms with van der Waals surface area (Å²) in [5, 5.41) is 4.82. The smallest absolute Gasteiger partial charge is 0.234 e. The Balaban J connectivity index is 1.42. The van der Waals surface area contributed by atoms with E-state index in [9.17, 15) is 4.79 Å². The molecular formula is C30H33N3O4S2. The third-order valence-corrected chi connectivity index (χ3v) is 8.57. The lowest BCUT2D eigenvalue weighted by molar-refractivity contribution is -0.113. The minimum Gasteiger partial charge on any atom is -0.497 e. The molecule has 0 aliphatic carbocycles. The van der Waals surface area contributed by atoms with Crippen molar-refractivity contribution in [3.8, 4) is 22.9 Å². The number of fused-ring (bicyclic) bond motifs is 3. The number of methoxy groups -OCH3 is 1. The molecule has 9 heteroatoms. The van der Waals surface area contributed by atoms with Gasteiger partial charge in [0.15, 0.2) is 5.82 Å². The van der Waals surface area contributed by atoms with Crippen molar-refractivity contribution in [2.75, 3.05) is 24.8 Å². The zero-order valence-electron chi connectivity index (χ0n) is 22.7. The van der Waals surface area contributed by atoms with Gasteiger partial charge in [0.2, 0.25) is 5.91 Å². The summed E-state index contributed by atoms with van der Waals surface area (Å²) >= 11 is 3.10. The van der Waals surface area contributed by atoms with Gasteiger partial charge in [-0.05, 0) is 74.4 Å². The maximum atomic E-state index is 12.9. The molecule has 0 saturated heterocycles. The molecule has 204 valence electrons. The Hall–Kier alpha value is -3.14. The maximum absolute atomic E-state index is 12.9. The molecule has 1 aliphatic rings. The van der Waals surface area contributed by atoms with Gasteiger partial charge in [-0.25, -0.2) is 9.97 Å². The number of ether oxygens (including phenoxy) is 3. The summed E-state index contributed by atoms with van der Waals surface area (Å²) in [4.78, 5) is 24.9. The summed E-state index contributed by atoms with van der Waals surface area (Å²) < 4.78 is 17.1. The fourth-order valence-corrected chi connectivity index (χ4v) is 6.41. The molecule has 0 bridgehead atoms. The fourth-order valence-electron chi connectivity index (χ4n) is 4.39. The van der Waals surface area contributed by atoms with Crippen molar-refractivity contribution in [2.45, 2.75) is 57.3 Å². The summed E-state index contributed by atoms with van der Waals surface area (Å²) in [5.41, 5.74) is 2.60. The van der Waals surface area contributed by atoms with E-state index in [4.69, 9.17) is 24.2 Å². The Morgan fingerprint density at radius 1 is 1.10 bits per heavy atom. The van der Waals surface area contributed by atoms with E-state index < -0.39 is 0 Å². The van der Waals surface area contributed by atoms with Crippen molar-refractivity contribution in [1.82, 2.24) is 9.97 Å². The van der Waals surface area contributed by atoms with Crippen LogP contribution in [0.5, 0.6) is 11.5 Å². The first kappa shape index (κ1) is 27.4. The zero-order chi connectivity index (χ0) is 27.4. The van der Waals surface area contributed by atoms with Crippen LogP contribution in [0.2, 0.25) is 0 Å². The molecule has 1 aliphatic heterocycles. The number of hydrogen-bond donors (Lipinski definition) is 1. The molecule has 7 nitrogen and oxygen atoms in total. The number of unbranched alkanes of at least 4 members (excludes halogenated alkanes) is 1. The number of benzene rings is 2. The largest absolute Gasteiger partial charge is 0.497 e. The Labute approximate surface area is 237 Å². The van der Waals surface area contributed by atoms with Crippen LogP contribution in [0.1, 0.15) is 44.1 Å². The van der Waals surface area contributed by atoms with Gasteiger partial charge >= 0.3 is 0 Å². The van der Waals surface area contributed by atoms with Crippen LogP contribution >= 0.6 is 23.1 Å². The second-order valence-electron chi connectivity index (χ2n) is 10.1. The second-order valence-corrected chi connectivity index (χ2v) is 12.1. The Bertz CT molecular complexity index is 1450. The number of thiophene rings is 1. The van der Waals surface area contributed by atoms with Crippen LogP contribution in [0.15, 0.2) is 53.6 Å². The average molecular weight is 564 g/mol. The van der Waals surface area contributed by atoms with Gasteiger partial charge in [-0.3, -0.25) is 4.79 Å². The average Bonchev–Trinajstić information content (AvgIpc) is 3.29. The quantitative estimate of drug-likeness (QED) is 0.125. The molecule has 0 radical (unpaired) electrons. The number of carbonyl (C=O) groups is 1. The van der Waals surface area contributed by atoms with Crippen molar-refractivity contribution < 1.29 is 19.0 Å². The predicted molar refractivity (Wildman–Crippen MR) is 158 cm³/mol. The van der Waals surface area contributed by atoms with Gasteiger partial charge in [0.25, 0.3) is 0 Å². The number of amides is 1. The van der Waals surface area contributed by atoms with Crippen molar-refractivity contribution in [3.05, 3.63) is 59.0 Å². The van der Waals surface area contributed by atoms with Gasteiger partial charge in [-0.2, -0.15) is 0 Å². The molecule has 0 spiro atoms. The second kappa shape index (κ2) is 11.9. The van der Waals surface area contributed by atoms with Crippen molar-refractivity contribution in [2.24, 2.45) is 0 Å². The van der Waals surface area contributed by atoms with Crippen molar-refractivity contribution in [1.29, 1.82) is 0 Å². The van der Waals surface area contributed by atoms with Gasteiger partial charge < -0.3 is 19.5 Å². The van der Waals surface area contributed by atoms with Crippen molar-refractivity contribution in [3.63, 3.8) is 0 Å². The number of nitrogens with zero attached hydrogens (tertiary/aromatic N) is 2. The van der Waals surface area contributed by atoms with E-state index in [1.165, 1.54) is 22.2 Å². The topological polar surface area (TPSA) is 82.6 Å².